The lowest BCUT2D eigenvalue weighted by molar-refractivity contribution is -0.123. The highest BCUT2D eigenvalue weighted by Gasteiger charge is 2.24. The minimum absolute atomic E-state index is 0.00781. The lowest BCUT2D eigenvalue weighted by Crippen LogP contribution is -2.50. The van der Waals surface area contributed by atoms with Crippen molar-refractivity contribution in [3.8, 4) is 5.75 Å². The maximum Gasteiger partial charge on any atom is 0.524 e. The number of carbonyl (C=O) groups is 2. The molecule has 3 aromatic rings. The fraction of sp³-hybridized carbons (Fsp3) is 0.308. The molecule has 0 aromatic heterocycles. The monoisotopic (exact) mass is 498 g/mol. The number of amides is 2. The molecule has 0 aliphatic heterocycles. The average molecular weight is 499 g/mol. The fourth-order valence-electron chi connectivity index (χ4n) is 4.04. The molecule has 186 valence electrons. The summed E-state index contributed by atoms with van der Waals surface area (Å²) in [5.41, 5.74) is 1.17. The largest absolute Gasteiger partial charge is 0.524 e. The van der Waals surface area contributed by atoms with Crippen LogP contribution in [0.2, 0.25) is 0 Å². The molecular weight excluding hydrogens is 467 g/mol. The number of hydrogen-bond acceptors (Lipinski definition) is 4. The number of carbonyl (C=O) groups excluding carboxylic acids is 2. The standard InChI is InChI=1S/C26H31N2O6P/c1-17(2)15-18(3)27-26(30)24(16-19-11-13-21(14-12-19)34-35(31,32)33)28-25(29)23-10-6-8-20-7-4-5-9-22(20)23/h4-14,17-18,24H,15-16H2,1-3H3,(H,27,30)(H,28,29)(H2,31,32,33). The van der Waals surface area contributed by atoms with Crippen LogP contribution in [-0.2, 0) is 15.8 Å². The Morgan fingerprint density at radius 1 is 0.914 bits per heavy atom. The summed E-state index contributed by atoms with van der Waals surface area (Å²) in [4.78, 5) is 44.4. The molecule has 0 aliphatic carbocycles. The second-order valence-electron chi connectivity index (χ2n) is 9.02. The van der Waals surface area contributed by atoms with Crippen LogP contribution in [0.25, 0.3) is 10.8 Å². The van der Waals surface area contributed by atoms with Crippen LogP contribution in [-0.4, -0.2) is 33.7 Å². The maximum atomic E-state index is 13.2. The molecular formula is C26H31N2O6P. The molecule has 0 spiro atoms. The fourth-order valence-corrected chi connectivity index (χ4v) is 4.43. The molecule has 0 saturated heterocycles. The quantitative estimate of drug-likeness (QED) is 0.311. The molecule has 35 heavy (non-hydrogen) atoms. The first-order valence-corrected chi connectivity index (χ1v) is 13.0. The molecule has 2 unspecified atom stereocenters. The normalized spacial score (nSPS) is 13.3. The molecule has 9 heteroatoms. The Hall–Kier alpha value is -3.19. The Morgan fingerprint density at radius 2 is 1.57 bits per heavy atom. The second kappa shape index (κ2) is 11.5. The van der Waals surface area contributed by atoms with Gasteiger partial charge in [0.15, 0.2) is 0 Å². The van der Waals surface area contributed by atoms with Gasteiger partial charge in [-0.25, -0.2) is 4.57 Å². The Labute approximate surface area is 204 Å². The van der Waals surface area contributed by atoms with Crippen molar-refractivity contribution in [3.63, 3.8) is 0 Å². The predicted molar refractivity (Wildman–Crippen MR) is 135 cm³/mol. The first-order chi connectivity index (χ1) is 16.5. The zero-order chi connectivity index (χ0) is 25.6. The summed E-state index contributed by atoms with van der Waals surface area (Å²) in [6.45, 7) is 6.07. The van der Waals surface area contributed by atoms with Gasteiger partial charge in [0.2, 0.25) is 5.91 Å². The van der Waals surface area contributed by atoms with Gasteiger partial charge in [0, 0.05) is 18.0 Å². The van der Waals surface area contributed by atoms with Crippen molar-refractivity contribution in [3.05, 3.63) is 77.9 Å². The summed E-state index contributed by atoms with van der Waals surface area (Å²) in [6.07, 6.45) is 0.983. The lowest BCUT2D eigenvalue weighted by atomic mass is 10.0. The molecule has 0 radical (unpaired) electrons. The summed E-state index contributed by atoms with van der Waals surface area (Å²) in [7, 11) is -4.67. The van der Waals surface area contributed by atoms with E-state index in [1.54, 1.807) is 24.3 Å². The minimum atomic E-state index is -4.67. The predicted octanol–water partition coefficient (Wildman–Crippen LogP) is 4.20. The highest BCUT2D eigenvalue weighted by molar-refractivity contribution is 7.46. The van der Waals surface area contributed by atoms with Gasteiger partial charge in [-0.05, 0) is 53.8 Å². The first kappa shape index (κ1) is 26.4. The van der Waals surface area contributed by atoms with Crippen LogP contribution in [0.4, 0.5) is 0 Å². The topological polar surface area (TPSA) is 125 Å². The lowest BCUT2D eigenvalue weighted by Gasteiger charge is -2.23. The van der Waals surface area contributed by atoms with E-state index in [1.807, 2.05) is 37.3 Å². The number of nitrogens with one attached hydrogen (secondary N) is 2. The zero-order valence-electron chi connectivity index (χ0n) is 20.0. The van der Waals surface area contributed by atoms with Crippen molar-refractivity contribution in [2.45, 2.75) is 45.7 Å². The van der Waals surface area contributed by atoms with Gasteiger partial charge in [-0.1, -0.05) is 62.4 Å². The van der Waals surface area contributed by atoms with E-state index < -0.39 is 13.9 Å². The molecule has 4 N–H and O–H groups in total. The number of phosphoric acid groups is 1. The van der Waals surface area contributed by atoms with Crippen LogP contribution >= 0.6 is 7.82 Å². The van der Waals surface area contributed by atoms with E-state index in [4.69, 9.17) is 9.79 Å². The maximum absolute atomic E-state index is 13.2. The third-order valence-corrected chi connectivity index (χ3v) is 5.91. The first-order valence-electron chi connectivity index (χ1n) is 11.4. The number of benzene rings is 3. The van der Waals surface area contributed by atoms with Crippen molar-refractivity contribution < 1.29 is 28.5 Å². The van der Waals surface area contributed by atoms with Crippen molar-refractivity contribution in [2.24, 2.45) is 5.92 Å². The van der Waals surface area contributed by atoms with E-state index in [-0.39, 0.29) is 30.0 Å². The molecule has 3 aromatic carbocycles. The number of fused-ring (bicyclic) bond motifs is 1. The van der Waals surface area contributed by atoms with Gasteiger partial charge in [0.25, 0.3) is 5.91 Å². The number of phosphoric ester groups is 1. The highest BCUT2D eigenvalue weighted by Crippen LogP contribution is 2.37. The van der Waals surface area contributed by atoms with Gasteiger partial charge in [0.1, 0.15) is 11.8 Å². The van der Waals surface area contributed by atoms with E-state index in [2.05, 4.69) is 29.0 Å². The minimum Gasteiger partial charge on any atom is -0.404 e. The van der Waals surface area contributed by atoms with E-state index in [1.165, 1.54) is 12.1 Å². The molecule has 8 nitrogen and oxygen atoms in total. The van der Waals surface area contributed by atoms with E-state index in [9.17, 15) is 14.2 Å². The average Bonchev–Trinajstić information content (AvgIpc) is 2.77. The van der Waals surface area contributed by atoms with Crippen molar-refractivity contribution in [1.82, 2.24) is 10.6 Å². The Kier molecular flexibility index (Phi) is 8.67. The van der Waals surface area contributed by atoms with Gasteiger partial charge in [0.05, 0.1) is 0 Å². The molecule has 3 rings (SSSR count). The van der Waals surface area contributed by atoms with Gasteiger partial charge in [-0.2, -0.15) is 0 Å². The third-order valence-electron chi connectivity index (χ3n) is 5.46. The Balaban J connectivity index is 1.82. The van der Waals surface area contributed by atoms with Crippen molar-refractivity contribution in [1.29, 1.82) is 0 Å². The summed E-state index contributed by atoms with van der Waals surface area (Å²) in [5.74, 6) is -0.258. The van der Waals surface area contributed by atoms with Crippen LogP contribution in [0.1, 0.15) is 43.1 Å². The summed E-state index contributed by atoms with van der Waals surface area (Å²) >= 11 is 0. The van der Waals surface area contributed by atoms with Crippen LogP contribution in [0.15, 0.2) is 66.7 Å². The Morgan fingerprint density at radius 3 is 2.23 bits per heavy atom. The summed E-state index contributed by atoms with van der Waals surface area (Å²) < 4.78 is 15.6. The number of rotatable bonds is 10. The van der Waals surface area contributed by atoms with Gasteiger partial charge in [-0.3, -0.25) is 19.4 Å². The van der Waals surface area contributed by atoms with Crippen molar-refractivity contribution in [2.75, 3.05) is 0 Å². The molecule has 0 aliphatic rings. The van der Waals surface area contributed by atoms with E-state index in [0.29, 0.717) is 17.0 Å². The molecule has 2 atom stereocenters. The number of hydrogen-bond donors (Lipinski definition) is 4. The van der Waals surface area contributed by atoms with E-state index in [0.717, 1.165) is 17.2 Å². The molecule has 2 amide bonds. The zero-order valence-corrected chi connectivity index (χ0v) is 20.9. The SMILES string of the molecule is CC(C)CC(C)NC(=O)C(Cc1ccc(OP(=O)(O)O)cc1)NC(=O)c1cccc2ccccc12. The van der Waals surface area contributed by atoms with Crippen LogP contribution in [0, 0.1) is 5.92 Å². The molecule has 0 bridgehead atoms. The van der Waals surface area contributed by atoms with Crippen LogP contribution in [0.5, 0.6) is 5.75 Å². The summed E-state index contributed by atoms with van der Waals surface area (Å²) in [5, 5.41) is 7.58. The van der Waals surface area contributed by atoms with E-state index >= 15 is 0 Å². The Bertz CT molecular complexity index is 1220. The molecule has 0 fully saturated rings. The van der Waals surface area contributed by atoms with Gasteiger partial charge in [-0.15, -0.1) is 0 Å². The second-order valence-corrected chi connectivity index (χ2v) is 10.2. The van der Waals surface area contributed by atoms with Crippen LogP contribution < -0.4 is 15.2 Å². The smallest absolute Gasteiger partial charge is 0.404 e. The highest BCUT2D eigenvalue weighted by atomic mass is 31.2. The van der Waals surface area contributed by atoms with Gasteiger partial charge >= 0.3 is 7.82 Å². The summed E-state index contributed by atoms with van der Waals surface area (Å²) in [6, 6.07) is 18.1. The van der Waals surface area contributed by atoms with Crippen molar-refractivity contribution >= 4 is 30.4 Å². The van der Waals surface area contributed by atoms with Gasteiger partial charge < -0.3 is 15.2 Å². The molecule has 0 heterocycles. The third kappa shape index (κ3) is 7.92. The van der Waals surface area contributed by atoms with Crippen LogP contribution in [0.3, 0.4) is 0 Å². The molecule has 0 saturated carbocycles.